The number of rotatable bonds is 5. The Morgan fingerprint density at radius 1 is 1.55 bits per heavy atom. The van der Waals surface area contributed by atoms with E-state index in [-0.39, 0.29) is 0 Å². The third-order valence-electron chi connectivity index (χ3n) is 1.52. The highest BCUT2D eigenvalue weighted by Crippen LogP contribution is 1.89. The van der Waals surface area contributed by atoms with Crippen LogP contribution in [0.25, 0.3) is 0 Å². The maximum absolute atomic E-state index is 5.01. The second kappa shape index (κ2) is 7.59. The van der Waals surface area contributed by atoms with Gasteiger partial charge in [0.25, 0.3) is 0 Å². The van der Waals surface area contributed by atoms with Gasteiger partial charge in [-0.05, 0) is 13.3 Å². The molecule has 1 atom stereocenters. The van der Waals surface area contributed by atoms with E-state index in [0.717, 1.165) is 19.6 Å². The second-order valence-electron chi connectivity index (χ2n) is 2.37. The minimum Gasteiger partial charge on any atom is -0.383 e. The minimum absolute atomic E-state index is 0.445. The fourth-order valence-corrected chi connectivity index (χ4v) is 0.806. The molecule has 0 amide bonds. The summed E-state index contributed by atoms with van der Waals surface area (Å²) in [5.74, 6) is 5.79. The molecule has 0 aliphatic rings. The number of methoxy groups -OCH3 is 1. The normalized spacial score (nSPS) is 11.9. The third kappa shape index (κ3) is 5.90. The van der Waals surface area contributed by atoms with Crippen molar-refractivity contribution in [2.45, 2.75) is 26.3 Å². The zero-order chi connectivity index (χ0) is 8.53. The second-order valence-corrected chi connectivity index (χ2v) is 2.37. The Hall–Kier alpha value is -0.520. The van der Waals surface area contributed by atoms with Gasteiger partial charge in [0.05, 0.1) is 13.2 Å². The summed E-state index contributed by atoms with van der Waals surface area (Å²) in [6.45, 7) is 5.51. The highest BCUT2D eigenvalue weighted by Gasteiger charge is 2.01. The van der Waals surface area contributed by atoms with Crippen LogP contribution in [0.5, 0.6) is 0 Å². The molecule has 0 saturated heterocycles. The largest absolute Gasteiger partial charge is 0.383 e. The van der Waals surface area contributed by atoms with Crippen LogP contribution in [0.4, 0.5) is 0 Å². The van der Waals surface area contributed by atoms with E-state index in [1.54, 1.807) is 7.11 Å². The molecular weight excluding hydrogens is 138 g/mol. The van der Waals surface area contributed by atoms with E-state index in [9.17, 15) is 0 Å². The molecule has 0 aliphatic carbocycles. The molecule has 0 aromatic heterocycles. The summed E-state index contributed by atoms with van der Waals surface area (Å²) in [7, 11) is 1.72. The lowest BCUT2D eigenvalue weighted by Gasteiger charge is -2.13. The lowest BCUT2D eigenvalue weighted by atomic mass is 10.2. The van der Waals surface area contributed by atoms with Crippen molar-refractivity contribution < 1.29 is 4.74 Å². The molecule has 1 unspecified atom stereocenters. The summed E-state index contributed by atoms with van der Waals surface area (Å²) >= 11 is 0. The van der Waals surface area contributed by atoms with Crippen molar-refractivity contribution in [3.05, 3.63) is 0 Å². The van der Waals surface area contributed by atoms with Gasteiger partial charge in [0.15, 0.2) is 0 Å². The molecule has 64 valence electrons. The first-order valence-corrected chi connectivity index (χ1v) is 3.97. The number of nitrogens with one attached hydrogen (secondary N) is 1. The van der Waals surface area contributed by atoms with E-state index in [0.29, 0.717) is 6.04 Å². The monoisotopic (exact) mass is 155 g/mol. The van der Waals surface area contributed by atoms with Crippen molar-refractivity contribution in [2.24, 2.45) is 0 Å². The van der Waals surface area contributed by atoms with Gasteiger partial charge in [-0.3, -0.25) is 0 Å². The van der Waals surface area contributed by atoms with Gasteiger partial charge < -0.3 is 10.1 Å². The molecule has 11 heavy (non-hydrogen) atoms. The summed E-state index contributed by atoms with van der Waals surface area (Å²) < 4.78 is 5.01. The first-order chi connectivity index (χ1) is 5.35. The maximum atomic E-state index is 5.01. The average molecular weight is 155 g/mol. The van der Waals surface area contributed by atoms with Crippen LogP contribution < -0.4 is 5.32 Å². The zero-order valence-electron chi connectivity index (χ0n) is 7.61. The zero-order valence-corrected chi connectivity index (χ0v) is 7.61. The molecule has 0 aromatic carbocycles. The van der Waals surface area contributed by atoms with Gasteiger partial charge in [0.1, 0.15) is 0 Å². The van der Waals surface area contributed by atoms with Crippen molar-refractivity contribution in [1.29, 1.82) is 0 Å². The van der Waals surface area contributed by atoms with Crippen LogP contribution in [0.1, 0.15) is 20.3 Å². The van der Waals surface area contributed by atoms with Gasteiger partial charge >= 0.3 is 0 Å². The Kier molecular flexibility index (Phi) is 7.23. The standard InChI is InChI=1S/C9H17NO/c1-4-6-7-10-9(5-2)8-11-3/h9-10H,5,7-8H2,1-3H3. The van der Waals surface area contributed by atoms with Crippen LogP contribution in [0.2, 0.25) is 0 Å². The van der Waals surface area contributed by atoms with Crippen LogP contribution >= 0.6 is 0 Å². The summed E-state index contributed by atoms with van der Waals surface area (Å²) in [5, 5.41) is 3.27. The fraction of sp³-hybridized carbons (Fsp3) is 0.778. The van der Waals surface area contributed by atoms with Crippen LogP contribution in [0, 0.1) is 11.8 Å². The van der Waals surface area contributed by atoms with Gasteiger partial charge in [-0.15, -0.1) is 5.92 Å². The third-order valence-corrected chi connectivity index (χ3v) is 1.52. The van der Waals surface area contributed by atoms with E-state index >= 15 is 0 Å². The molecule has 0 saturated carbocycles. The summed E-state index contributed by atoms with van der Waals surface area (Å²) in [6.07, 6.45) is 1.08. The van der Waals surface area contributed by atoms with Crippen LogP contribution in [-0.2, 0) is 4.74 Å². The highest BCUT2D eigenvalue weighted by molar-refractivity contribution is 4.97. The highest BCUT2D eigenvalue weighted by atomic mass is 16.5. The maximum Gasteiger partial charge on any atom is 0.0616 e. The van der Waals surface area contributed by atoms with Gasteiger partial charge in [0.2, 0.25) is 0 Å². The predicted molar refractivity (Wildman–Crippen MR) is 47.4 cm³/mol. The van der Waals surface area contributed by atoms with Crippen molar-refractivity contribution in [1.82, 2.24) is 5.32 Å². The Balaban J connectivity index is 3.40. The van der Waals surface area contributed by atoms with Crippen LogP contribution in [0.15, 0.2) is 0 Å². The van der Waals surface area contributed by atoms with E-state index in [2.05, 4.69) is 24.1 Å². The van der Waals surface area contributed by atoms with Gasteiger partial charge in [-0.1, -0.05) is 12.8 Å². The molecule has 0 fully saturated rings. The minimum atomic E-state index is 0.445. The van der Waals surface area contributed by atoms with Crippen molar-refractivity contribution >= 4 is 0 Å². The Bertz CT molecular complexity index is 134. The smallest absolute Gasteiger partial charge is 0.0616 e. The summed E-state index contributed by atoms with van der Waals surface area (Å²) in [5.41, 5.74) is 0. The molecule has 0 bridgehead atoms. The lowest BCUT2D eigenvalue weighted by Crippen LogP contribution is -2.32. The van der Waals surface area contributed by atoms with Crippen molar-refractivity contribution in [3.8, 4) is 11.8 Å². The molecule has 0 rings (SSSR count). The molecule has 0 heterocycles. The molecule has 0 radical (unpaired) electrons. The first kappa shape index (κ1) is 10.5. The van der Waals surface area contributed by atoms with Gasteiger partial charge in [-0.2, -0.15) is 0 Å². The number of hydrogen-bond acceptors (Lipinski definition) is 2. The molecule has 0 spiro atoms. The van der Waals surface area contributed by atoms with E-state index in [1.807, 2.05) is 6.92 Å². The molecule has 0 aromatic rings. The van der Waals surface area contributed by atoms with Crippen LogP contribution in [0.3, 0.4) is 0 Å². The Morgan fingerprint density at radius 2 is 2.27 bits per heavy atom. The Labute approximate surface area is 69.3 Å². The molecule has 0 aliphatic heterocycles. The molecule has 1 N–H and O–H groups in total. The van der Waals surface area contributed by atoms with Crippen molar-refractivity contribution in [3.63, 3.8) is 0 Å². The number of ether oxygens (including phenoxy) is 1. The molecule has 2 nitrogen and oxygen atoms in total. The summed E-state index contributed by atoms with van der Waals surface area (Å²) in [6, 6.07) is 0.445. The van der Waals surface area contributed by atoms with Crippen LogP contribution in [-0.4, -0.2) is 26.3 Å². The lowest BCUT2D eigenvalue weighted by molar-refractivity contribution is 0.166. The molecular formula is C9H17NO. The topological polar surface area (TPSA) is 21.3 Å². The SMILES string of the molecule is CC#CCNC(CC)COC. The van der Waals surface area contributed by atoms with E-state index in [4.69, 9.17) is 4.74 Å². The van der Waals surface area contributed by atoms with Crippen molar-refractivity contribution in [2.75, 3.05) is 20.3 Å². The van der Waals surface area contributed by atoms with Gasteiger partial charge in [0, 0.05) is 13.2 Å². The van der Waals surface area contributed by atoms with E-state index < -0.39 is 0 Å². The van der Waals surface area contributed by atoms with E-state index in [1.165, 1.54) is 0 Å². The Morgan fingerprint density at radius 3 is 2.73 bits per heavy atom. The first-order valence-electron chi connectivity index (χ1n) is 3.97. The predicted octanol–water partition coefficient (Wildman–Crippen LogP) is 1.02. The van der Waals surface area contributed by atoms with Gasteiger partial charge in [-0.25, -0.2) is 0 Å². The quantitative estimate of drug-likeness (QED) is 0.599. The summed E-state index contributed by atoms with van der Waals surface area (Å²) in [4.78, 5) is 0. The number of hydrogen-bond donors (Lipinski definition) is 1. The molecule has 2 heteroatoms. The average Bonchev–Trinajstić information content (AvgIpc) is 2.03. The fourth-order valence-electron chi connectivity index (χ4n) is 0.806.